The highest BCUT2D eigenvalue weighted by Crippen LogP contribution is 2.35. The molecule has 2 N–H and O–H groups in total. The van der Waals surface area contributed by atoms with Gasteiger partial charge in [-0.1, -0.05) is 43.5 Å². The van der Waals surface area contributed by atoms with Crippen molar-refractivity contribution in [2.24, 2.45) is 0 Å². The second kappa shape index (κ2) is 7.54. The minimum absolute atomic E-state index is 0.199. The number of hydrogen-bond acceptors (Lipinski definition) is 3. The van der Waals surface area contributed by atoms with E-state index < -0.39 is 0 Å². The maximum Gasteiger partial charge on any atom is 0.254 e. The summed E-state index contributed by atoms with van der Waals surface area (Å²) in [5, 5.41) is 0. The second-order valence-electron chi connectivity index (χ2n) is 8.48. The molecule has 0 unspecified atom stereocenters. The molecule has 0 aliphatic heterocycles. The van der Waals surface area contributed by atoms with Crippen molar-refractivity contribution in [1.29, 1.82) is 0 Å². The molecule has 5 heteroatoms. The number of para-hydroxylation sites is 2. The molecule has 5 nitrogen and oxygen atoms in total. The number of amides is 1. The molecule has 2 aliphatic rings. The first kappa shape index (κ1) is 18.2. The van der Waals surface area contributed by atoms with Gasteiger partial charge in [-0.25, -0.2) is 4.98 Å². The summed E-state index contributed by atoms with van der Waals surface area (Å²) in [5.74, 6) is 0.703. The summed E-state index contributed by atoms with van der Waals surface area (Å²) < 4.78 is 2.01. The van der Waals surface area contributed by atoms with E-state index in [2.05, 4.69) is 16.0 Å². The number of rotatable bonds is 5. The number of fused-ring (bicyclic) bond motifs is 1. The van der Waals surface area contributed by atoms with Gasteiger partial charge >= 0.3 is 0 Å². The quantitative estimate of drug-likeness (QED) is 0.694. The van der Waals surface area contributed by atoms with Gasteiger partial charge in [-0.15, -0.1) is 0 Å². The molecule has 0 bridgehead atoms. The minimum Gasteiger partial charge on any atom is -0.369 e. The lowest BCUT2D eigenvalue weighted by atomic mass is 9.93. The van der Waals surface area contributed by atoms with Crippen LogP contribution in [0.2, 0.25) is 0 Å². The molecule has 150 valence electrons. The lowest BCUT2D eigenvalue weighted by Gasteiger charge is -2.34. The highest BCUT2D eigenvalue weighted by atomic mass is 16.2. The highest BCUT2D eigenvalue weighted by Gasteiger charge is 2.38. The standard InChI is InChI=1S/C24H28N4O/c25-24-26-21-11-4-5-12-22(21)27(24)16-17-7-6-8-18(15-17)23(29)28(20-13-14-20)19-9-2-1-3-10-19/h4-8,11-12,15,19-20H,1-3,9-10,13-14,16H2,(H2,25,26). The molecule has 2 aromatic carbocycles. The maximum absolute atomic E-state index is 13.4. The van der Waals surface area contributed by atoms with Crippen LogP contribution in [0.3, 0.4) is 0 Å². The molecule has 0 spiro atoms. The summed E-state index contributed by atoms with van der Waals surface area (Å²) in [5.41, 5.74) is 9.95. The number of anilines is 1. The molecule has 2 aliphatic carbocycles. The Balaban J connectivity index is 1.41. The zero-order valence-electron chi connectivity index (χ0n) is 16.8. The van der Waals surface area contributed by atoms with Crippen LogP contribution >= 0.6 is 0 Å². The van der Waals surface area contributed by atoms with Gasteiger partial charge in [0.2, 0.25) is 5.95 Å². The van der Waals surface area contributed by atoms with E-state index in [1.165, 1.54) is 19.3 Å². The predicted molar refractivity (Wildman–Crippen MR) is 116 cm³/mol. The monoisotopic (exact) mass is 388 g/mol. The number of benzene rings is 2. The molecule has 29 heavy (non-hydrogen) atoms. The maximum atomic E-state index is 13.4. The molecule has 1 amide bonds. The van der Waals surface area contributed by atoms with Crippen LogP contribution in [0.15, 0.2) is 48.5 Å². The third-order valence-electron chi connectivity index (χ3n) is 6.34. The Hall–Kier alpha value is -2.82. The lowest BCUT2D eigenvalue weighted by molar-refractivity contribution is 0.0614. The number of nitrogens with two attached hydrogens (primary N) is 1. The number of nitrogens with zero attached hydrogens (tertiary/aromatic N) is 3. The summed E-state index contributed by atoms with van der Waals surface area (Å²) in [6.07, 6.45) is 8.40. The van der Waals surface area contributed by atoms with Gasteiger partial charge in [-0.3, -0.25) is 4.79 Å². The first-order valence-corrected chi connectivity index (χ1v) is 10.8. The summed E-state index contributed by atoms with van der Waals surface area (Å²) in [6, 6.07) is 16.9. The third kappa shape index (κ3) is 3.61. The Morgan fingerprint density at radius 1 is 1.00 bits per heavy atom. The fraction of sp³-hybridized carbons (Fsp3) is 0.417. The van der Waals surface area contributed by atoms with Crippen molar-refractivity contribution in [3.05, 3.63) is 59.7 Å². The third-order valence-corrected chi connectivity index (χ3v) is 6.34. The van der Waals surface area contributed by atoms with Crippen LogP contribution in [0, 0.1) is 0 Å². The van der Waals surface area contributed by atoms with Gasteiger partial charge in [0.05, 0.1) is 17.6 Å². The average molecular weight is 389 g/mol. The molecule has 2 fully saturated rings. The normalized spacial score (nSPS) is 17.5. The summed E-state index contributed by atoms with van der Waals surface area (Å²) in [4.78, 5) is 20.1. The number of nitrogen functional groups attached to an aromatic ring is 1. The van der Waals surface area contributed by atoms with Crippen molar-refractivity contribution >= 4 is 22.9 Å². The van der Waals surface area contributed by atoms with Crippen LogP contribution in [-0.2, 0) is 6.54 Å². The lowest BCUT2D eigenvalue weighted by Crippen LogP contribution is -2.43. The Morgan fingerprint density at radius 2 is 1.76 bits per heavy atom. The van der Waals surface area contributed by atoms with Crippen molar-refractivity contribution in [2.75, 3.05) is 5.73 Å². The Morgan fingerprint density at radius 3 is 2.55 bits per heavy atom. The molecular weight excluding hydrogens is 360 g/mol. The van der Waals surface area contributed by atoms with E-state index in [9.17, 15) is 4.79 Å². The first-order chi connectivity index (χ1) is 14.2. The Kier molecular flexibility index (Phi) is 4.74. The van der Waals surface area contributed by atoms with Gasteiger partial charge in [0, 0.05) is 17.6 Å². The zero-order valence-corrected chi connectivity index (χ0v) is 16.8. The van der Waals surface area contributed by atoms with Crippen molar-refractivity contribution < 1.29 is 4.79 Å². The molecule has 3 aromatic rings. The summed E-state index contributed by atoms with van der Waals surface area (Å²) in [7, 11) is 0. The van der Waals surface area contributed by atoms with E-state index in [-0.39, 0.29) is 5.91 Å². The van der Waals surface area contributed by atoms with Gasteiger partial charge in [-0.2, -0.15) is 0 Å². The van der Waals surface area contributed by atoms with Crippen molar-refractivity contribution in [3.8, 4) is 0 Å². The smallest absolute Gasteiger partial charge is 0.254 e. The van der Waals surface area contributed by atoms with Crippen molar-refractivity contribution in [2.45, 2.75) is 63.6 Å². The van der Waals surface area contributed by atoms with Crippen LogP contribution in [0.25, 0.3) is 11.0 Å². The van der Waals surface area contributed by atoms with E-state index in [1.54, 1.807) is 0 Å². The van der Waals surface area contributed by atoms with Gasteiger partial charge < -0.3 is 15.2 Å². The SMILES string of the molecule is Nc1nc2ccccc2n1Cc1cccc(C(=O)N(C2CCCCC2)C2CC2)c1. The molecule has 2 saturated carbocycles. The molecule has 0 atom stereocenters. The topological polar surface area (TPSA) is 64.1 Å². The van der Waals surface area contributed by atoms with Gasteiger partial charge in [0.25, 0.3) is 5.91 Å². The summed E-state index contributed by atoms with van der Waals surface area (Å²) >= 11 is 0. The largest absolute Gasteiger partial charge is 0.369 e. The minimum atomic E-state index is 0.199. The van der Waals surface area contributed by atoms with Crippen LogP contribution in [0.1, 0.15) is 60.9 Å². The molecule has 0 saturated heterocycles. The molecule has 5 rings (SSSR count). The first-order valence-electron chi connectivity index (χ1n) is 10.8. The zero-order chi connectivity index (χ0) is 19.8. The Labute approximate surface area is 171 Å². The van der Waals surface area contributed by atoms with E-state index in [0.717, 1.165) is 47.8 Å². The second-order valence-corrected chi connectivity index (χ2v) is 8.48. The predicted octanol–water partition coefficient (Wildman–Crippen LogP) is 4.60. The average Bonchev–Trinajstić information content (AvgIpc) is 3.53. The fourth-order valence-electron chi connectivity index (χ4n) is 4.74. The number of hydrogen-bond donors (Lipinski definition) is 1. The van der Waals surface area contributed by atoms with Crippen LogP contribution in [0.5, 0.6) is 0 Å². The van der Waals surface area contributed by atoms with Gasteiger partial charge in [0.15, 0.2) is 0 Å². The molecular formula is C24H28N4O. The van der Waals surface area contributed by atoms with Crippen molar-refractivity contribution in [3.63, 3.8) is 0 Å². The molecule has 1 heterocycles. The van der Waals surface area contributed by atoms with Crippen LogP contribution in [-0.4, -0.2) is 32.4 Å². The molecule has 0 radical (unpaired) electrons. The molecule has 1 aromatic heterocycles. The van der Waals surface area contributed by atoms with Gasteiger partial charge in [0.1, 0.15) is 0 Å². The number of carbonyl (C=O) groups excluding carboxylic acids is 1. The number of aromatic nitrogens is 2. The summed E-state index contributed by atoms with van der Waals surface area (Å²) in [6.45, 7) is 0.611. The number of carbonyl (C=O) groups is 1. The van der Waals surface area contributed by atoms with E-state index in [1.807, 2.05) is 47.0 Å². The van der Waals surface area contributed by atoms with Crippen LogP contribution in [0.4, 0.5) is 5.95 Å². The number of imidazole rings is 1. The van der Waals surface area contributed by atoms with Crippen LogP contribution < -0.4 is 5.73 Å². The fourth-order valence-corrected chi connectivity index (χ4v) is 4.74. The van der Waals surface area contributed by atoms with Gasteiger partial charge in [-0.05, 0) is 55.5 Å². The van der Waals surface area contributed by atoms with E-state index >= 15 is 0 Å². The van der Waals surface area contributed by atoms with Crippen molar-refractivity contribution in [1.82, 2.24) is 14.5 Å². The van der Waals surface area contributed by atoms with E-state index in [4.69, 9.17) is 5.73 Å². The van der Waals surface area contributed by atoms with E-state index in [0.29, 0.717) is 24.6 Å². The Bertz CT molecular complexity index is 1030. The highest BCUT2D eigenvalue weighted by molar-refractivity contribution is 5.95.